The number of hydrogen-bond donors (Lipinski definition) is 2. The third-order valence-corrected chi connectivity index (χ3v) is 5.02. The Kier molecular flexibility index (Phi) is 7.70. The van der Waals surface area contributed by atoms with Gasteiger partial charge in [0.1, 0.15) is 12.5 Å². The summed E-state index contributed by atoms with van der Waals surface area (Å²) in [6.45, 7) is 7.84. The van der Waals surface area contributed by atoms with Gasteiger partial charge >= 0.3 is 0 Å². The molecule has 2 aromatic rings. The maximum absolute atomic E-state index is 14.2. The molecule has 0 aromatic heterocycles. The van der Waals surface area contributed by atoms with Gasteiger partial charge in [0.15, 0.2) is 0 Å². The standard InChI is InChI=1S/C21H25Cl2FN2O2/c1-5-21(3,4)28-12-25-19(27)10-14-9-16(6-7-18(14)24)26-20-13(2)8-15(22)11-17(20)23/h6-9,11,26H,5,10,12H2,1-4H3,(H,25,27). The predicted molar refractivity (Wildman–Crippen MR) is 113 cm³/mol. The summed E-state index contributed by atoms with van der Waals surface area (Å²) in [6.07, 6.45) is 0.725. The van der Waals surface area contributed by atoms with E-state index in [1.165, 1.54) is 6.07 Å². The first-order chi connectivity index (χ1) is 13.1. The number of carbonyl (C=O) groups is 1. The predicted octanol–water partition coefficient (Wildman–Crippen LogP) is 6.01. The smallest absolute Gasteiger partial charge is 0.226 e. The first kappa shape index (κ1) is 22.5. The molecule has 0 aliphatic rings. The monoisotopic (exact) mass is 426 g/mol. The van der Waals surface area contributed by atoms with Crippen molar-refractivity contribution >= 4 is 40.5 Å². The molecule has 28 heavy (non-hydrogen) atoms. The van der Waals surface area contributed by atoms with Crippen LogP contribution in [0, 0.1) is 12.7 Å². The first-order valence-electron chi connectivity index (χ1n) is 9.03. The lowest BCUT2D eigenvalue weighted by Gasteiger charge is -2.23. The van der Waals surface area contributed by atoms with Crippen LogP contribution in [0.5, 0.6) is 0 Å². The van der Waals surface area contributed by atoms with Crippen molar-refractivity contribution in [1.82, 2.24) is 5.32 Å². The third-order valence-electron chi connectivity index (χ3n) is 4.50. The highest BCUT2D eigenvalue weighted by Crippen LogP contribution is 2.32. The van der Waals surface area contributed by atoms with Crippen LogP contribution in [-0.4, -0.2) is 18.2 Å². The fourth-order valence-electron chi connectivity index (χ4n) is 2.44. The van der Waals surface area contributed by atoms with Crippen LogP contribution in [0.2, 0.25) is 10.0 Å². The van der Waals surface area contributed by atoms with Gasteiger partial charge in [0, 0.05) is 10.7 Å². The van der Waals surface area contributed by atoms with Gasteiger partial charge in [-0.1, -0.05) is 30.1 Å². The molecule has 0 spiro atoms. The summed E-state index contributed by atoms with van der Waals surface area (Å²) in [4.78, 5) is 12.1. The summed E-state index contributed by atoms with van der Waals surface area (Å²) in [5.41, 5.74) is 2.12. The van der Waals surface area contributed by atoms with Crippen molar-refractivity contribution in [3.05, 3.63) is 57.3 Å². The number of carbonyl (C=O) groups excluding carboxylic acids is 1. The van der Waals surface area contributed by atoms with Gasteiger partial charge in [-0.15, -0.1) is 0 Å². The van der Waals surface area contributed by atoms with Crippen LogP contribution in [0.15, 0.2) is 30.3 Å². The van der Waals surface area contributed by atoms with Crippen molar-refractivity contribution < 1.29 is 13.9 Å². The summed E-state index contributed by atoms with van der Waals surface area (Å²) in [5, 5.41) is 6.83. The topological polar surface area (TPSA) is 50.4 Å². The van der Waals surface area contributed by atoms with Crippen molar-refractivity contribution in [2.24, 2.45) is 0 Å². The quantitative estimate of drug-likeness (QED) is 0.508. The zero-order chi connectivity index (χ0) is 20.9. The second-order valence-corrected chi connectivity index (χ2v) is 8.03. The van der Waals surface area contributed by atoms with E-state index in [0.29, 0.717) is 21.4 Å². The Balaban J connectivity index is 2.06. The molecule has 0 saturated heterocycles. The SMILES string of the molecule is CCC(C)(C)OCNC(=O)Cc1cc(Nc2c(C)cc(Cl)cc2Cl)ccc1F. The largest absolute Gasteiger partial charge is 0.355 e. The molecule has 2 N–H and O–H groups in total. The van der Waals surface area contributed by atoms with Gasteiger partial charge in [-0.3, -0.25) is 4.79 Å². The maximum Gasteiger partial charge on any atom is 0.226 e. The van der Waals surface area contributed by atoms with Crippen molar-refractivity contribution in [3.8, 4) is 0 Å². The number of amides is 1. The molecule has 0 atom stereocenters. The molecule has 0 aliphatic carbocycles. The Morgan fingerprint density at radius 1 is 1.21 bits per heavy atom. The Labute approximate surface area is 175 Å². The molecule has 2 rings (SSSR count). The van der Waals surface area contributed by atoms with E-state index in [1.807, 2.05) is 27.7 Å². The molecule has 0 fully saturated rings. The molecule has 2 aromatic carbocycles. The summed E-state index contributed by atoms with van der Waals surface area (Å²) < 4.78 is 19.8. The summed E-state index contributed by atoms with van der Waals surface area (Å²) >= 11 is 12.2. The number of benzene rings is 2. The Morgan fingerprint density at radius 2 is 1.93 bits per heavy atom. The third kappa shape index (κ3) is 6.36. The van der Waals surface area contributed by atoms with E-state index in [4.69, 9.17) is 27.9 Å². The van der Waals surface area contributed by atoms with Crippen LogP contribution in [0.25, 0.3) is 0 Å². The van der Waals surface area contributed by atoms with Crippen LogP contribution in [0.3, 0.4) is 0 Å². The lowest BCUT2D eigenvalue weighted by molar-refractivity contribution is -0.124. The van der Waals surface area contributed by atoms with E-state index >= 15 is 0 Å². The highest BCUT2D eigenvalue weighted by atomic mass is 35.5. The molecule has 1 amide bonds. The van der Waals surface area contributed by atoms with Gasteiger partial charge in [0.05, 0.1) is 22.7 Å². The average Bonchev–Trinajstić information content (AvgIpc) is 2.60. The number of hydrogen-bond acceptors (Lipinski definition) is 3. The van der Waals surface area contributed by atoms with Gasteiger partial charge in [0.25, 0.3) is 0 Å². The number of anilines is 2. The minimum absolute atomic E-state index is 0.0822. The molecule has 4 nitrogen and oxygen atoms in total. The van der Waals surface area contributed by atoms with Crippen molar-refractivity contribution in [1.29, 1.82) is 0 Å². The fraction of sp³-hybridized carbons (Fsp3) is 0.381. The van der Waals surface area contributed by atoms with Crippen molar-refractivity contribution in [2.45, 2.75) is 46.1 Å². The van der Waals surface area contributed by atoms with Gasteiger partial charge in [0.2, 0.25) is 5.91 Å². The molecular weight excluding hydrogens is 402 g/mol. The minimum Gasteiger partial charge on any atom is -0.355 e. The average molecular weight is 427 g/mol. The van der Waals surface area contributed by atoms with Crippen LogP contribution in [0.4, 0.5) is 15.8 Å². The van der Waals surface area contributed by atoms with Crippen LogP contribution < -0.4 is 10.6 Å². The zero-order valence-corrected chi connectivity index (χ0v) is 18.0. The van der Waals surface area contributed by atoms with Crippen molar-refractivity contribution in [2.75, 3.05) is 12.0 Å². The van der Waals surface area contributed by atoms with E-state index in [2.05, 4.69) is 10.6 Å². The lowest BCUT2D eigenvalue weighted by atomic mass is 10.1. The first-order valence-corrected chi connectivity index (χ1v) is 9.78. The summed E-state index contributed by atoms with van der Waals surface area (Å²) in [5.74, 6) is -0.766. The highest BCUT2D eigenvalue weighted by molar-refractivity contribution is 6.36. The Bertz CT molecular complexity index is 833. The molecule has 152 valence electrons. The molecule has 7 heteroatoms. The normalized spacial score (nSPS) is 11.4. The Hall–Kier alpha value is -1.82. The molecule has 0 bridgehead atoms. The zero-order valence-electron chi connectivity index (χ0n) is 16.5. The second kappa shape index (κ2) is 9.59. The van der Waals surface area contributed by atoms with Crippen molar-refractivity contribution in [3.63, 3.8) is 0 Å². The van der Waals surface area contributed by atoms with Gasteiger partial charge < -0.3 is 15.4 Å². The number of rotatable bonds is 8. The van der Waals surface area contributed by atoms with E-state index in [9.17, 15) is 9.18 Å². The van der Waals surface area contributed by atoms with E-state index < -0.39 is 5.82 Å². The highest BCUT2D eigenvalue weighted by Gasteiger charge is 2.16. The lowest BCUT2D eigenvalue weighted by Crippen LogP contribution is -2.34. The van der Waals surface area contributed by atoms with E-state index in [1.54, 1.807) is 24.3 Å². The molecule has 0 aliphatic heterocycles. The Morgan fingerprint density at radius 3 is 2.57 bits per heavy atom. The summed E-state index contributed by atoms with van der Waals surface area (Å²) in [6, 6.07) is 7.92. The number of halogens is 3. The second-order valence-electron chi connectivity index (χ2n) is 7.19. The maximum atomic E-state index is 14.2. The van der Waals surface area contributed by atoms with E-state index in [-0.39, 0.29) is 30.2 Å². The number of nitrogens with one attached hydrogen (secondary N) is 2. The van der Waals surface area contributed by atoms with Gasteiger partial charge in [-0.2, -0.15) is 0 Å². The molecule has 0 saturated carbocycles. The summed E-state index contributed by atoms with van der Waals surface area (Å²) in [7, 11) is 0. The minimum atomic E-state index is -0.450. The van der Waals surface area contributed by atoms with Crippen LogP contribution in [0.1, 0.15) is 38.3 Å². The van der Waals surface area contributed by atoms with Gasteiger partial charge in [-0.25, -0.2) is 4.39 Å². The van der Waals surface area contributed by atoms with Crippen LogP contribution in [-0.2, 0) is 16.0 Å². The molecule has 0 radical (unpaired) electrons. The fourth-order valence-corrected chi connectivity index (χ4v) is 3.08. The molecular formula is C21H25Cl2FN2O2. The molecule has 0 unspecified atom stereocenters. The van der Waals surface area contributed by atoms with Gasteiger partial charge in [-0.05, 0) is 68.7 Å². The number of ether oxygens (including phenoxy) is 1. The molecule has 0 heterocycles. The van der Waals surface area contributed by atoms with Crippen LogP contribution >= 0.6 is 23.2 Å². The van der Waals surface area contributed by atoms with E-state index in [0.717, 1.165) is 12.0 Å². The number of aryl methyl sites for hydroxylation is 1.